The van der Waals surface area contributed by atoms with E-state index in [1.807, 2.05) is 13.8 Å². The lowest BCUT2D eigenvalue weighted by Crippen LogP contribution is -2.20. The van der Waals surface area contributed by atoms with Crippen LogP contribution in [0.2, 0.25) is 0 Å². The zero-order chi connectivity index (χ0) is 11.7. The van der Waals surface area contributed by atoms with Gasteiger partial charge in [0, 0.05) is 0 Å². The van der Waals surface area contributed by atoms with E-state index in [2.05, 4.69) is 0 Å². The molecule has 4 heteroatoms. The lowest BCUT2D eigenvalue weighted by molar-refractivity contribution is 0.0294. The Morgan fingerprint density at radius 2 is 0.929 bits per heavy atom. The van der Waals surface area contributed by atoms with E-state index in [1.165, 1.54) is 0 Å². The van der Waals surface area contributed by atoms with Crippen molar-refractivity contribution in [2.45, 2.75) is 65.0 Å². The fourth-order valence-corrected chi connectivity index (χ4v) is 0.682. The standard InChI is InChI=1S/2C5H12O2/c2*1-3-5(7)4(2)6/h2*4-7H,3H2,1-2H3. The summed E-state index contributed by atoms with van der Waals surface area (Å²) in [5.74, 6) is 0. The zero-order valence-electron chi connectivity index (χ0n) is 9.51. The maximum absolute atomic E-state index is 8.69. The summed E-state index contributed by atoms with van der Waals surface area (Å²) in [7, 11) is 0. The molecule has 0 amide bonds. The SMILES string of the molecule is CCC(O)C(C)O.CCC(O)C(C)O. The summed E-state index contributed by atoms with van der Waals surface area (Å²) in [6.45, 7) is 6.82. The molecular weight excluding hydrogens is 184 g/mol. The minimum atomic E-state index is -0.579. The third-order valence-electron chi connectivity index (χ3n) is 1.95. The molecule has 88 valence electrons. The quantitative estimate of drug-likeness (QED) is 0.535. The van der Waals surface area contributed by atoms with E-state index in [-0.39, 0.29) is 0 Å². The van der Waals surface area contributed by atoms with Gasteiger partial charge in [-0.1, -0.05) is 13.8 Å². The first-order valence-corrected chi connectivity index (χ1v) is 5.08. The molecule has 0 aliphatic carbocycles. The van der Waals surface area contributed by atoms with Gasteiger partial charge in [-0.15, -0.1) is 0 Å². The molecule has 4 unspecified atom stereocenters. The van der Waals surface area contributed by atoms with Crippen LogP contribution in [0.25, 0.3) is 0 Å². The Morgan fingerprint density at radius 1 is 0.714 bits per heavy atom. The fraction of sp³-hybridized carbons (Fsp3) is 1.00. The second kappa shape index (κ2) is 9.40. The average molecular weight is 208 g/mol. The molecule has 4 atom stereocenters. The van der Waals surface area contributed by atoms with Gasteiger partial charge in [0.15, 0.2) is 0 Å². The molecule has 0 saturated heterocycles. The minimum Gasteiger partial charge on any atom is -0.391 e. The molecule has 0 radical (unpaired) electrons. The molecule has 0 aliphatic rings. The maximum atomic E-state index is 8.69. The van der Waals surface area contributed by atoms with Crippen LogP contribution in [0.4, 0.5) is 0 Å². The summed E-state index contributed by atoms with van der Waals surface area (Å²) in [4.78, 5) is 0. The first-order valence-electron chi connectivity index (χ1n) is 5.08. The Bertz CT molecular complexity index is 101. The number of aliphatic hydroxyl groups is 4. The van der Waals surface area contributed by atoms with Gasteiger partial charge in [0.1, 0.15) is 0 Å². The van der Waals surface area contributed by atoms with Crippen molar-refractivity contribution in [2.24, 2.45) is 0 Å². The van der Waals surface area contributed by atoms with Crippen LogP contribution in [0.5, 0.6) is 0 Å². The fourth-order valence-electron chi connectivity index (χ4n) is 0.682. The maximum Gasteiger partial charge on any atom is 0.0793 e. The van der Waals surface area contributed by atoms with Crippen LogP contribution in [-0.2, 0) is 0 Å². The first-order chi connectivity index (χ1) is 6.36. The predicted molar refractivity (Wildman–Crippen MR) is 56.0 cm³/mol. The van der Waals surface area contributed by atoms with Crippen LogP contribution in [0, 0.1) is 0 Å². The number of aliphatic hydroxyl groups excluding tert-OH is 4. The Labute approximate surface area is 86.2 Å². The Kier molecular flexibility index (Phi) is 10.9. The van der Waals surface area contributed by atoms with E-state index < -0.39 is 24.4 Å². The van der Waals surface area contributed by atoms with Crippen molar-refractivity contribution in [1.82, 2.24) is 0 Å². The highest BCUT2D eigenvalue weighted by atomic mass is 16.3. The van der Waals surface area contributed by atoms with Gasteiger partial charge in [-0.3, -0.25) is 0 Å². The number of hydrogen-bond acceptors (Lipinski definition) is 4. The van der Waals surface area contributed by atoms with Crippen LogP contribution >= 0.6 is 0 Å². The van der Waals surface area contributed by atoms with E-state index in [4.69, 9.17) is 20.4 Å². The summed E-state index contributed by atoms with van der Waals surface area (Å²) < 4.78 is 0. The molecule has 0 aliphatic heterocycles. The van der Waals surface area contributed by atoms with Crippen molar-refractivity contribution in [3.63, 3.8) is 0 Å². The van der Waals surface area contributed by atoms with Gasteiger partial charge in [0.25, 0.3) is 0 Å². The van der Waals surface area contributed by atoms with Crippen LogP contribution in [0.15, 0.2) is 0 Å². The van der Waals surface area contributed by atoms with Gasteiger partial charge in [-0.2, -0.15) is 0 Å². The Hall–Kier alpha value is -0.160. The van der Waals surface area contributed by atoms with E-state index >= 15 is 0 Å². The molecule has 4 N–H and O–H groups in total. The van der Waals surface area contributed by atoms with Crippen molar-refractivity contribution < 1.29 is 20.4 Å². The van der Waals surface area contributed by atoms with Gasteiger partial charge in [0.05, 0.1) is 24.4 Å². The topological polar surface area (TPSA) is 80.9 Å². The van der Waals surface area contributed by atoms with Crippen LogP contribution in [-0.4, -0.2) is 44.8 Å². The molecule has 0 spiro atoms. The molecule has 0 aromatic rings. The van der Waals surface area contributed by atoms with Gasteiger partial charge in [-0.25, -0.2) is 0 Å². The Morgan fingerprint density at radius 3 is 0.929 bits per heavy atom. The number of hydrogen-bond donors (Lipinski definition) is 4. The summed E-state index contributed by atoms with van der Waals surface area (Å²) in [5.41, 5.74) is 0. The highest BCUT2D eigenvalue weighted by molar-refractivity contribution is 4.57. The molecule has 0 aromatic carbocycles. The molecular formula is C10H24O4. The average Bonchev–Trinajstić information content (AvgIpc) is 2.15. The molecule has 4 nitrogen and oxygen atoms in total. The highest BCUT2D eigenvalue weighted by Crippen LogP contribution is 1.95. The first kappa shape index (κ1) is 16.3. The molecule has 14 heavy (non-hydrogen) atoms. The van der Waals surface area contributed by atoms with E-state index in [1.54, 1.807) is 13.8 Å². The van der Waals surface area contributed by atoms with Crippen molar-refractivity contribution in [3.05, 3.63) is 0 Å². The normalized spacial score (nSPS) is 18.9. The smallest absolute Gasteiger partial charge is 0.0793 e. The lowest BCUT2D eigenvalue weighted by Gasteiger charge is -2.08. The van der Waals surface area contributed by atoms with Gasteiger partial charge in [-0.05, 0) is 26.7 Å². The zero-order valence-corrected chi connectivity index (χ0v) is 9.51. The van der Waals surface area contributed by atoms with Crippen molar-refractivity contribution in [3.8, 4) is 0 Å². The van der Waals surface area contributed by atoms with Crippen molar-refractivity contribution >= 4 is 0 Å². The largest absolute Gasteiger partial charge is 0.391 e. The van der Waals surface area contributed by atoms with Crippen LogP contribution in [0.1, 0.15) is 40.5 Å². The summed E-state index contributed by atoms with van der Waals surface area (Å²) in [6, 6.07) is 0. The molecule has 0 rings (SSSR count). The molecule has 0 heterocycles. The van der Waals surface area contributed by atoms with Gasteiger partial charge in [0.2, 0.25) is 0 Å². The Balaban J connectivity index is 0. The van der Waals surface area contributed by atoms with E-state index in [9.17, 15) is 0 Å². The van der Waals surface area contributed by atoms with Crippen molar-refractivity contribution in [1.29, 1.82) is 0 Å². The minimum absolute atomic E-state index is 0.542. The second-order valence-electron chi connectivity index (χ2n) is 3.43. The van der Waals surface area contributed by atoms with Gasteiger partial charge >= 0.3 is 0 Å². The highest BCUT2D eigenvalue weighted by Gasteiger charge is 2.05. The van der Waals surface area contributed by atoms with E-state index in [0.717, 1.165) is 0 Å². The third-order valence-corrected chi connectivity index (χ3v) is 1.95. The molecule has 0 saturated carbocycles. The van der Waals surface area contributed by atoms with Crippen molar-refractivity contribution in [2.75, 3.05) is 0 Å². The van der Waals surface area contributed by atoms with Gasteiger partial charge < -0.3 is 20.4 Å². The number of rotatable bonds is 4. The monoisotopic (exact) mass is 208 g/mol. The predicted octanol–water partition coefficient (Wildman–Crippen LogP) is 0.276. The molecule has 0 bridgehead atoms. The van der Waals surface area contributed by atoms with Crippen LogP contribution < -0.4 is 0 Å². The summed E-state index contributed by atoms with van der Waals surface area (Å²) in [6.07, 6.45) is -0.995. The second-order valence-corrected chi connectivity index (χ2v) is 3.43. The summed E-state index contributed by atoms with van der Waals surface area (Å²) in [5, 5.41) is 34.5. The lowest BCUT2D eigenvalue weighted by atomic mass is 10.2. The van der Waals surface area contributed by atoms with Crippen LogP contribution in [0.3, 0.4) is 0 Å². The third kappa shape index (κ3) is 9.92. The molecule has 0 fully saturated rings. The van der Waals surface area contributed by atoms with E-state index in [0.29, 0.717) is 12.8 Å². The summed E-state index contributed by atoms with van der Waals surface area (Å²) >= 11 is 0. The molecule has 0 aromatic heterocycles.